The summed E-state index contributed by atoms with van der Waals surface area (Å²) in [7, 11) is 0. The van der Waals surface area contributed by atoms with Gasteiger partial charge < -0.3 is 20.7 Å². The Morgan fingerprint density at radius 2 is 1.14 bits per heavy atom. The maximum absolute atomic E-state index is 10.2. The van der Waals surface area contributed by atoms with Crippen molar-refractivity contribution in [3.8, 4) is 0 Å². The molecule has 0 aromatic rings. The summed E-state index contributed by atoms with van der Waals surface area (Å²) < 4.78 is 0. The van der Waals surface area contributed by atoms with Crippen LogP contribution in [0.2, 0.25) is 0 Å². The first-order valence-electron chi connectivity index (χ1n) is 9.29. The first-order valence-corrected chi connectivity index (χ1v) is 9.29. The Morgan fingerprint density at radius 1 is 0.818 bits per heavy atom. The minimum absolute atomic E-state index is 0.208. The maximum Gasteiger partial charge on any atom is 0.0974 e. The topological polar surface area (TPSA) is 88.0 Å². The van der Waals surface area contributed by atoms with E-state index < -0.39 is 5.97 Å². The zero-order valence-electron chi connectivity index (χ0n) is 14.8. The van der Waals surface area contributed by atoms with Gasteiger partial charge in [0.15, 0.2) is 0 Å². The smallest absolute Gasteiger partial charge is 0.0974 e. The predicted octanol–water partition coefficient (Wildman–Crippen LogP) is 2.44. The lowest BCUT2D eigenvalue weighted by atomic mass is 10.0. The van der Waals surface area contributed by atoms with Crippen LogP contribution in [-0.4, -0.2) is 24.2 Å². The quantitative estimate of drug-likeness (QED) is 0.455. The number of aliphatic carboxylic acids is 1. The first-order chi connectivity index (χ1) is 10.7. The summed E-state index contributed by atoms with van der Waals surface area (Å²) in [4.78, 5) is 10.2. The van der Waals surface area contributed by atoms with Crippen molar-refractivity contribution in [3.05, 3.63) is 0 Å². The zero-order chi connectivity index (χ0) is 16.9. The van der Waals surface area contributed by atoms with Gasteiger partial charge in [0.1, 0.15) is 0 Å². The number of rotatable bonds is 15. The molecule has 0 heterocycles. The monoisotopic (exact) mass is 317 g/mol. The minimum Gasteiger partial charge on any atom is -0.550 e. The summed E-state index contributed by atoms with van der Waals surface area (Å²) in [6.07, 6.45) is 16.9. The molecule has 0 saturated heterocycles. The number of hydrogen-bond acceptors (Lipinski definition) is 3. The lowest BCUT2D eigenvalue weighted by Crippen LogP contribution is -2.51. The highest BCUT2D eigenvalue weighted by molar-refractivity contribution is 5.63. The molecule has 0 spiro atoms. The van der Waals surface area contributed by atoms with Crippen LogP contribution in [0.3, 0.4) is 0 Å². The SMILES string of the molecule is CCCCCCCCCCCCCCCC(=O)[O-].[NH3+]CCO. The molecule has 0 saturated carbocycles. The van der Waals surface area contributed by atoms with Crippen LogP contribution in [0, 0.1) is 0 Å². The van der Waals surface area contributed by atoms with Crippen molar-refractivity contribution < 1.29 is 20.7 Å². The van der Waals surface area contributed by atoms with Crippen LogP contribution >= 0.6 is 0 Å². The van der Waals surface area contributed by atoms with Crippen molar-refractivity contribution >= 4 is 5.97 Å². The average Bonchev–Trinajstić information content (AvgIpc) is 2.52. The van der Waals surface area contributed by atoms with Gasteiger partial charge in [-0.2, -0.15) is 0 Å². The molecule has 0 aromatic heterocycles. The Morgan fingerprint density at radius 3 is 1.41 bits per heavy atom. The summed E-state index contributed by atoms with van der Waals surface area (Å²) >= 11 is 0. The molecule has 4 N–H and O–H groups in total. The van der Waals surface area contributed by atoms with Crippen molar-refractivity contribution in [1.29, 1.82) is 0 Å². The summed E-state index contributed by atoms with van der Waals surface area (Å²) in [5, 5.41) is 18.0. The Kier molecular flexibility index (Phi) is 24.4. The number of carbonyl (C=O) groups is 1. The molecule has 22 heavy (non-hydrogen) atoms. The van der Waals surface area contributed by atoms with E-state index in [1.165, 1.54) is 70.6 Å². The van der Waals surface area contributed by atoms with E-state index in [2.05, 4.69) is 12.7 Å². The Hall–Kier alpha value is -0.610. The molecule has 134 valence electrons. The van der Waals surface area contributed by atoms with Gasteiger partial charge in [0, 0.05) is 5.97 Å². The fourth-order valence-electron chi connectivity index (χ4n) is 2.29. The van der Waals surface area contributed by atoms with Gasteiger partial charge in [-0.15, -0.1) is 0 Å². The van der Waals surface area contributed by atoms with E-state index in [-0.39, 0.29) is 13.0 Å². The molecular formula is C18H39NO3. The molecule has 4 heteroatoms. The molecule has 0 amide bonds. The standard InChI is InChI=1S/C16H32O2.C2H7NO/c1-2-3-4-5-6-7-8-9-10-11-12-13-14-15-16(17)18;3-1-2-4/h2-15H2,1H3,(H,17,18);4H,1-3H2. The molecule has 0 fully saturated rings. The van der Waals surface area contributed by atoms with Crippen LogP contribution < -0.4 is 10.8 Å². The van der Waals surface area contributed by atoms with Gasteiger partial charge in [-0.05, 0) is 12.8 Å². The van der Waals surface area contributed by atoms with Crippen LogP contribution in [0.25, 0.3) is 0 Å². The average molecular weight is 318 g/mol. The first kappa shape index (κ1) is 23.7. The minimum atomic E-state index is -0.905. The molecule has 0 radical (unpaired) electrons. The lowest BCUT2D eigenvalue weighted by molar-refractivity contribution is -0.372. The molecule has 0 aliphatic rings. The van der Waals surface area contributed by atoms with Gasteiger partial charge in [-0.3, -0.25) is 0 Å². The zero-order valence-corrected chi connectivity index (χ0v) is 14.8. The van der Waals surface area contributed by atoms with Gasteiger partial charge >= 0.3 is 0 Å². The molecule has 0 aliphatic heterocycles. The second kappa shape index (κ2) is 22.7. The van der Waals surface area contributed by atoms with E-state index in [0.29, 0.717) is 6.54 Å². The van der Waals surface area contributed by atoms with E-state index in [1.54, 1.807) is 0 Å². The number of unbranched alkanes of at least 4 members (excludes halogenated alkanes) is 12. The van der Waals surface area contributed by atoms with E-state index in [4.69, 9.17) is 5.11 Å². The Bertz CT molecular complexity index is 209. The molecule has 0 unspecified atom stereocenters. The predicted molar refractivity (Wildman–Crippen MR) is 90.2 cm³/mol. The van der Waals surface area contributed by atoms with Gasteiger partial charge in [-0.25, -0.2) is 0 Å². The third-order valence-corrected chi connectivity index (χ3v) is 3.64. The number of aliphatic hydroxyl groups is 1. The molecule has 4 nitrogen and oxygen atoms in total. The van der Waals surface area contributed by atoms with Crippen molar-refractivity contribution in [2.24, 2.45) is 0 Å². The summed E-state index contributed by atoms with van der Waals surface area (Å²) in [5.41, 5.74) is 3.35. The molecule has 0 bridgehead atoms. The Labute approximate surface area is 137 Å². The largest absolute Gasteiger partial charge is 0.550 e. The lowest BCUT2D eigenvalue weighted by Gasteiger charge is -2.03. The Balaban J connectivity index is 0. The van der Waals surface area contributed by atoms with Crippen molar-refractivity contribution in [2.45, 2.75) is 96.8 Å². The van der Waals surface area contributed by atoms with Crippen LogP contribution in [0.5, 0.6) is 0 Å². The van der Waals surface area contributed by atoms with Gasteiger partial charge in [0.25, 0.3) is 0 Å². The fraction of sp³-hybridized carbons (Fsp3) is 0.944. The van der Waals surface area contributed by atoms with Crippen molar-refractivity contribution in [2.75, 3.05) is 13.2 Å². The maximum atomic E-state index is 10.2. The highest BCUT2D eigenvalue weighted by Gasteiger charge is 1.93. The molecule has 0 rings (SSSR count). The molecule has 0 aliphatic carbocycles. The number of carbonyl (C=O) groups excluding carboxylic acids is 1. The highest BCUT2D eigenvalue weighted by atomic mass is 16.4. The van der Waals surface area contributed by atoms with E-state index in [0.717, 1.165) is 12.8 Å². The van der Waals surface area contributed by atoms with Crippen molar-refractivity contribution in [1.82, 2.24) is 0 Å². The normalized spacial score (nSPS) is 10.1. The second-order valence-corrected chi connectivity index (χ2v) is 5.94. The van der Waals surface area contributed by atoms with Crippen LogP contribution in [0.1, 0.15) is 96.8 Å². The van der Waals surface area contributed by atoms with Gasteiger partial charge in [0.05, 0.1) is 13.2 Å². The summed E-state index contributed by atoms with van der Waals surface area (Å²) in [6.45, 7) is 3.09. The summed E-state index contributed by atoms with van der Waals surface area (Å²) in [5.74, 6) is -0.905. The number of carboxylic acid groups (broad SMARTS) is 1. The molecule has 0 aromatic carbocycles. The van der Waals surface area contributed by atoms with Gasteiger partial charge in [-0.1, -0.05) is 84.0 Å². The van der Waals surface area contributed by atoms with Crippen LogP contribution in [-0.2, 0) is 4.79 Å². The van der Waals surface area contributed by atoms with Crippen LogP contribution in [0.4, 0.5) is 0 Å². The van der Waals surface area contributed by atoms with Crippen molar-refractivity contribution in [3.63, 3.8) is 0 Å². The van der Waals surface area contributed by atoms with E-state index in [1.807, 2.05) is 0 Å². The number of quaternary nitrogens is 1. The highest BCUT2D eigenvalue weighted by Crippen LogP contribution is 2.12. The van der Waals surface area contributed by atoms with E-state index >= 15 is 0 Å². The fourth-order valence-corrected chi connectivity index (χ4v) is 2.29. The number of aliphatic hydroxyl groups excluding tert-OH is 1. The van der Waals surface area contributed by atoms with Gasteiger partial charge in [0.2, 0.25) is 0 Å². The third-order valence-electron chi connectivity index (χ3n) is 3.64. The molecular weight excluding hydrogens is 278 g/mol. The summed E-state index contributed by atoms with van der Waals surface area (Å²) in [6, 6.07) is 0. The second-order valence-electron chi connectivity index (χ2n) is 5.94. The van der Waals surface area contributed by atoms with Crippen LogP contribution in [0.15, 0.2) is 0 Å². The number of carboxylic acids is 1. The van der Waals surface area contributed by atoms with E-state index in [9.17, 15) is 9.90 Å². The number of hydrogen-bond donors (Lipinski definition) is 2. The third kappa shape index (κ3) is 27.7. The molecule has 0 atom stereocenters.